The van der Waals surface area contributed by atoms with E-state index < -0.39 is 0 Å². The number of unbranched alkanes of at least 4 members (excludes halogenated alkanes) is 1. The molecule has 0 saturated heterocycles. The maximum Gasteiger partial charge on any atom is 0.0389 e. The van der Waals surface area contributed by atoms with E-state index in [4.69, 9.17) is 0 Å². The minimum atomic E-state index is 0.308. The highest BCUT2D eigenvalue weighted by molar-refractivity contribution is 5.79. The zero-order valence-electron chi connectivity index (χ0n) is 18.2. The second-order valence-corrected chi connectivity index (χ2v) is 8.29. The minimum Gasteiger partial charge on any atom is -0.293 e. The number of allylic oxidation sites excluding steroid dienone is 10. The van der Waals surface area contributed by atoms with Gasteiger partial charge in [0.2, 0.25) is 0 Å². The summed E-state index contributed by atoms with van der Waals surface area (Å²) in [4.78, 5) is 4.48. The molecule has 0 fully saturated rings. The van der Waals surface area contributed by atoms with Gasteiger partial charge in [0.05, 0.1) is 0 Å². The van der Waals surface area contributed by atoms with Crippen LogP contribution in [0.3, 0.4) is 0 Å². The Labute approximate surface area is 162 Å². The van der Waals surface area contributed by atoms with Gasteiger partial charge >= 0.3 is 0 Å². The van der Waals surface area contributed by atoms with Gasteiger partial charge in [-0.1, -0.05) is 68.7 Å². The molecule has 0 heterocycles. The van der Waals surface area contributed by atoms with E-state index in [1.54, 1.807) is 5.57 Å². The van der Waals surface area contributed by atoms with Crippen LogP contribution in [-0.2, 0) is 0 Å². The number of nitrogens with zero attached hydrogens (tertiary/aromatic N) is 1. The molecular formula is C25H39N. The molecule has 1 heteroatoms. The number of aliphatic imine (C=N–C) groups is 1. The Morgan fingerprint density at radius 2 is 1.85 bits per heavy atom. The number of hydrogen-bond donors (Lipinski definition) is 0. The van der Waals surface area contributed by atoms with E-state index in [0.717, 1.165) is 6.54 Å². The zero-order chi connectivity index (χ0) is 19.6. The standard InChI is InChI=1S/C25H39N/c1-8-9-18-26-19-23(5)21(3)13-10-12-20(2)15-16-24-22(4)14-11-17-25(24,6)7/h10,12-13,15-16,19H,8-9,11,14,17-18H2,1-7H3/b13-10+,16-15-,20-12+,23-21+,26-19?. The quantitative estimate of drug-likeness (QED) is 0.240. The lowest BCUT2D eigenvalue weighted by Gasteiger charge is -2.32. The van der Waals surface area contributed by atoms with Crippen molar-refractivity contribution < 1.29 is 0 Å². The predicted octanol–water partition coefficient (Wildman–Crippen LogP) is 7.78. The Balaban J connectivity index is 2.73. The molecule has 0 atom stereocenters. The minimum absolute atomic E-state index is 0.308. The predicted molar refractivity (Wildman–Crippen MR) is 119 cm³/mol. The van der Waals surface area contributed by atoms with Gasteiger partial charge in [-0.3, -0.25) is 4.99 Å². The summed E-state index contributed by atoms with van der Waals surface area (Å²) in [5.74, 6) is 0. The molecule has 26 heavy (non-hydrogen) atoms. The average molecular weight is 354 g/mol. The fourth-order valence-corrected chi connectivity index (χ4v) is 3.31. The van der Waals surface area contributed by atoms with Crippen LogP contribution in [0.4, 0.5) is 0 Å². The van der Waals surface area contributed by atoms with Crippen LogP contribution in [0.5, 0.6) is 0 Å². The smallest absolute Gasteiger partial charge is 0.0389 e. The average Bonchev–Trinajstić information content (AvgIpc) is 2.57. The van der Waals surface area contributed by atoms with Gasteiger partial charge in [-0.05, 0) is 75.5 Å². The lowest BCUT2D eigenvalue weighted by atomic mass is 9.72. The highest BCUT2D eigenvalue weighted by Crippen LogP contribution is 2.40. The maximum atomic E-state index is 4.48. The molecule has 0 spiro atoms. The van der Waals surface area contributed by atoms with E-state index in [0.29, 0.717) is 5.41 Å². The molecule has 0 bridgehead atoms. The molecule has 0 N–H and O–H groups in total. The molecule has 0 amide bonds. The molecule has 0 aliphatic heterocycles. The Morgan fingerprint density at radius 1 is 1.12 bits per heavy atom. The van der Waals surface area contributed by atoms with Crippen molar-refractivity contribution in [3.05, 3.63) is 58.2 Å². The second kappa shape index (κ2) is 11.2. The second-order valence-electron chi connectivity index (χ2n) is 8.29. The van der Waals surface area contributed by atoms with Gasteiger partial charge in [0.15, 0.2) is 0 Å². The van der Waals surface area contributed by atoms with Gasteiger partial charge in [-0.15, -0.1) is 0 Å². The van der Waals surface area contributed by atoms with Crippen LogP contribution in [0, 0.1) is 5.41 Å². The summed E-state index contributed by atoms with van der Waals surface area (Å²) in [7, 11) is 0. The third kappa shape index (κ3) is 7.72. The van der Waals surface area contributed by atoms with Crippen LogP contribution in [0.25, 0.3) is 0 Å². The van der Waals surface area contributed by atoms with Crippen molar-refractivity contribution in [3.8, 4) is 0 Å². The zero-order valence-corrected chi connectivity index (χ0v) is 18.2. The van der Waals surface area contributed by atoms with Gasteiger partial charge in [0, 0.05) is 12.8 Å². The lowest BCUT2D eigenvalue weighted by molar-refractivity contribution is 0.377. The van der Waals surface area contributed by atoms with Crippen molar-refractivity contribution >= 4 is 6.21 Å². The van der Waals surface area contributed by atoms with Crippen LogP contribution in [0.2, 0.25) is 0 Å². The molecule has 1 nitrogen and oxygen atoms in total. The van der Waals surface area contributed by atoms with Crippen molar-refractivity contribution in [1.82, 2.24) is 0 Å². The summed E-state index contributed by atoms with van der Waals surface area (Å²) >= 11 is 0. The summed E-state index contributed by atoms with van der Waals surface area (Å²) < 4.78 is 0. The Bertz CT molecular complexity index is 633. The van der Waals surface area contributed by atoms with E-state index in [1.807, 2.05) is 6.21 Å². The van der Waals surface area contributed by atoms with Gasteiger partial charge in [-0.2, -0.15) is 0 Å². The van der Waals surface area contributed by atoms with Crippen LogP contribution in [0.15, 0.2) is 63.2 Å². The first-order valence-electron chi connectivity index (χ1n) is 10.2. The number of hydrogen-bond acceptors (Lipinski definition) is 1. The largest absolute Gasteiger partial charge is 0.293 e. The number of rotatable bonds is 8. The van der Waals surface area contributed by atoms with Gasteiger partial charge in [-0.25, -0.2) is 0 Å². The fourth-order valence-electron chi connectivity index (χ4n) is 3.31. The normalized spacial score (nSPS) is 19.9. The third-order valence-electron chi connectivity index (χ3n) is 5.31. The van der Waals surface area contributed by atoms with Crippen molar-refractivity contribution in [3.63, 3.8) is 0 Å². The Hall–Kier alpha value is -1.63. The first-order chi connectivity index (χ1) is 12.3. The fraction of sp³-hybridized carbons (Fsp3) is 0.560. The SMILES string of the molecule is CCCCN=C/C(C)=C(C)/C=C/C=C(C)/C=C\C1=C(C)CCCC1(C)C. The molecule has 1 rings (SSSR count). The van der Waals surface area contributed by atoms with Crippen LogP contribution >= 0.6 is 0 Å². The Morgan fingerprint density at radius 3 is 2.50 bits per heavy atom. The summed E-state index contributed by atoms with van der Waals surface area (Å²) in [6.07, 6.45) is 19.3. The van der Waals surface area contributed by atoms with Gasteiger partial charge < -0.3 is 0 Å². The van der Waals surface area contributed by atoms with Crippen molar-refractivity contribution in [2.24, 2.45) is 10.4 Å². The third-order valence-corrected chi connectivity index (χ3v) is 5.31. The van der Waals surface area contributed by atoms with Gasteiger partial charge in [0.25, 0.3) is 0 Å². The Kier molecular flexibility index (Phi) is 9.62. The summed E-state index contributed by atoms with van der Waals surface area (Å²) in [5.41, 5.74) is 7.18. The van der Waals surface area contributed by atoms with E-state index in [2.05, 4.69) is 83.8 Å². The van der Waals surface area contributed by atoms with Crippen LogP contribution in [0.1, 0.15) is 80.6 Å². The van der Waals surface area contributed by atoms with E-state index in [1.165, 1.54) is 54.4 Å². The lowest BCUT2D eigenvalue weighted by Crippen LogP contribution is -2.19. The van der Waals surface area contributed by atoms with Gasteiger partial charge in [0.1, 0.15) is 0 Å². The molecular weight excluding hydrogens is 314 g/mol. The molecule has 1 aliphatic carbocycles. The molecule has 0 unspecified atom stereocenters. The molecule has 0 radical (unpaired) electrons. The molecule has 0 saturated carbocycles. The summed E-state index contributed by atoms with van der Waals surface area (Å²) in [6, 6.07) is 0. The monoisotopic (exact) mass is 353 g/mol. The first kappa shape index (κ1) is 22.4. The highest BCUT2D eigenvalue weighted by atomic mass is 14.7. The van der Waals surface area contributed by atoms with Crippen LogP contribution < -0.4 is 0 Å². The maximum absolute atomic E-state index is 4.48. The molecule has 144 valence electrons. The van der Waals surface area contributed by atoms with E-state index >= 15 is 0 Å². The highest BCUT2D eigenvalue weighted by Gasteiger charge is 2.26. The van der Waals surface area contributed by atoms with Crippen molar-refractivity contribution in [2.45, 2.75) is 80.6 Å². The van der Waals surface area contributed by atoms with Crippen LogP contribution in [-0.4, -0.2) is 12.8 Å². The van der Waals surface area contributed by atoms with Crippen molar-refractivity contribution in [2.75, 3.05) is 6.54 Å². The summed E-state index contributed by atoms with van der Waals surface area (Å²) in [5, 5.41) is 0. The first-order valence-corrected chi connectivity index (χ1v) is 10.2. The molecule has 0 aromatic carbocycles. The summed E-state index contributed by atoms with van der Waals surface area (Å²) in [6.45, 7) is 16.6. The van der Waals surface area contributed by atoms with E-state index in [-0.39, 0.29) is 0 Å². The molecule has 0 aromatic rings. The molecule has 1 aliphatic rings. The topological polar surface area (TPSA) is 12.4 Å². The van der Waals surface area contributed by atoms with E-state index in [9.17, 15) is 0 Å². The molecule has 0 aromatic heterocycles. The van der Waals surface area contributed by atoms with Crippen molar-refractivity contribution in [1.29, 1.82) is 0 Å².